The Labute approximate surface area is 127 Å². The van der Waals surface area contributed by atoms with E-state index in [0.717, 1.165) is 36.3 Å². The zero-order valence-corrected chi connectivity index (χ0v) is 13.6. The van der Waals surface area contributed by atoms with Gasteiger partial charge in [0.25, 0.3) is 0 Å². The average molecular weight is 296 g/mol. The van der Waals surface area contributed by atoms with Crippen LogP contribution in [0.2, 0.25) is 5.02 Å². The molecule has 1 aromatic carbocycles. The van der Waals surface area contributed by atoms with E-state index in [1.807, 2.05) is 18.2 Å². The van der Waals surface area contributed by atoms with Gasteiger partial charge in [-0.1, -0.05) is 32.4 Å². The second-order valence-electron chi connectivity index (χ2n) is 6.74. The summed E-state index contributed by atoms with van der Waals surface area (Å²) in [6.45, 7) is 9.67. The molecule has 0 aliphatic carbocycles. The van der Waals surface area contributed by atoms with Gasteiger partial charge >= 0.3 is 0 Å². The molecule has 1 N–H and O–H groups in total. The number of ether oxygens (including phenoxy) is 1. The van der Waals surface area contributed by atoms with E-state index in [0.29, 0.717) is 0 Å². The van der Waals surface area contributed by atoms with E-state index < -0.39 is 0 Å². The third-order valence-electron chi connectivity index (χ3n) is 3.93. The lowest BCUT2D eigenvalue weighted by Gasteiger charge is -2.25. The van der Waals surface area contributed by atoms with Crippen LogP contribution in [0.5, 0.6) is 5.75 Å². The fraction of sp³-hybridized carbons (Fsp3) is 0.647. The molecule has 20 heavy (non-hydrogen) atoms. The summed E-state index contributed by atoms with van der Waals surface area (Å²) in [5.41, 5.74) is 1.24. The lowest BCUT2D eigenvalue weighted by atomic mass is 9.86. The van der Waals surface area contributed by atoms with Gasteiger partial charge < -0.3 is 10.1 Å². The highest BCUT2D eigenvalue weighted by molar-refractivity contribution is 6.30. The van der Waals surface area contributed by atoms with E-state index in [1.165, 1.54) is 24.9 Å². The molecule has 0 radical (unpaired) electrons. The normalized spacial score (nSPS) is 19.9. The predicted molar refractivity (Wildman–Crippen MR) is 85.9 cm³/mol. The highest BCUT2D eigenvalue weighted by Crippen LogP contribution is 2.33. The van der Waals surface area contributed by atoms with Gasteiger partial charge in [-0.15, -0.1) is 0 Å². The fourth-order valence-electron chi connectivity index (χ4n) is 2.72. The van der Waals surface area contributed by atoms with Gasteiger partial charge in [-0.2, -0.15) is 0 Å². The van der Waals surface area contributed by atoms with Crippen molar-refractivity contribution in [2.45, 2.75) is 45.4 Å². The van der Waals surface area contributed by atoms with E-state index in [1.54, 1.807) is 0 Å². The molecule has 1 atom stereocenters. The van der Waals surface area contributed by atoms with Crippen LogP contribution in [0.1, 0.15) is 45.6 Å². The fourth-order valence-corrected chi connectivity index (χ4v) is 2.89. The van der Waals surface area contributed by atoms with Gasteiger partial charge in [0.2, 0.25) is 0 Å². The standard InChI is InChI=1S/C17H26ClNO/c1-17(2,3)15-11-14(18)6-7-16(15)20-10-8-13-5-4-9-19-12-13/h6-7,11,13,19H,4-5,8-10,12H2,1-3H3/t13-/m0/s1. The van der Waals surface area contributed by atoms with Crippen LogP contribution in [0.15, 0.2) is 18.2 Å². The molecular formula is C17H26ClNO. The van der Waals surface area contributed by atoms with Crippen LogP contribution in [0, 0.1) is 5.92 Å². The van der Waals surface area contributed by atoms with Crippen LogP contribution in [0.25, 0.3) is 0 Å². The molecule has 0 saturated carbocycles. The molecule has 1 aliphatic rings. The first kappa shape index (κ1) is 15.7. The highest BCUT2D eigenvalue weighted by Gasteiger charge is 2.20. The zero-order valence-electron chi connectivity index (χ0n) is 12.8. The zero-order chi connectivity index (χ0) is 14.6. The molecular weight excluding hydrogens is 270 g/mol. The van der Waals surface area contributed by atoms with Gasteiger partial charge in [-0.25, -0.2) is 0 Å². The molecule has 0 unspecified atom stereocenters. The SMILES string of the molecule is CC(C)(C)c1cc(Cl)ccc1OCC[C@@H]1CCCNC1. The summed E-state index contributed by atoms with van der Waals surface area (Å²) in [4.78, 5) is 0. The van der Waals surface area contributed by atoms with Crippen LogP contribution < -0.4 is 10.1 Å². The molecule has 2 rings (SSSR count). The van der Waals surface area contributed by atoms with Crippen molar-refractivity contribution in [3.8, 4) is 5.75 Å². The maximum atomic E-state index is 6.11. The number of hydrogen-bond donors (Lipinski definition) is 1. The minimum atomic E-state index is 0.0482. The summed E-state index contributed by atoms with van der Waals surface area (Å²) in [5, 5.41) is 4.23. The molecule has 1 aromatic rings. The van der Waals surface area contributed by atoms with Gasteiger partial charge in [0.1, 0.15) is 5.75 Å². The van der Waals surface area contributed by atoms with E-state index in [2.05, 4.69) is 26.1 Å². The Morgan fingerprint density at radius 1 is 1.35 bits per heavy atom. The van der Waals surface area contributed by atoms with Crippen molar-refractivity contribution < 1.29 is 4.74 Å². The minimum Gasteiger partial charge on any atom is -0.493 e. The highest BCUT2D eigenvalue weighted by atomic mass is 35.5. The summed E-state index contributed by atoms with van der Waals surface area (Å²) in [5.74, 6) is 1.74. The second-order valence-corrected chi connectivity index (χ2v) is 7.18. The van der Waals surface area contributed by atoms with Crippen molar-refractivity contribution in [1.29, 1.82) is 0 Å². The molecule has 1 fully saturated rings. The summed E-state index contributed by atoms with van der Waals surface area (Å²) in [7, 11) is 0. The first-order chi connectivity index (χ1) is 9.47. The third kappa shape index (κ3) is 4.39. The molecule has 1 heterocycles. The number of hydrogen-bond acceptors (Lipinski definition) is 2. The Kier molecular flexibility index (Phi) is 5.34. The Balaban J connectivity index is 1.95. The molecule has 0 bridgehead atoms. The van der Waals surface area contributed by atoms with Gasteiger partial charge in [0, 0.05) is 10.6 Å². The van der Waals surface area contributed by atoms with Crippen molar-refractivity contribution in [3.63, 3.8) is 0 Å². The summed E-state index contributed by atoms with van der Waals surface area (Å²) < 4.78 is 6.03. The lowest BCUT2D eigenvalue weighted by molar-refractivity contribution is 0.250. The quantitative estimate of drug-likeness (QED) is 0.888. The summed E-state index contributed by atoms with van der Waals surface area (Å²) >= 11 is 6.11. The number of rotatable bonds is 4. The van der Waals surface area contributed by atoms with Crippen LogP contribution in [0.3, 0.4) is 0 Å². The van der Waals surface area contributed by atoms with Crippen LogP contribution in [-0.4, -0.2) is 19.7 Å². The van der Waals surface area contributed by atoms with Crippen LogP contribution >= 0.6 is 11.6 Å². The number of piperidine rings is 1. The van der Waals surface area contributed by atoms with E-state index in [-0.39, 0.29) is 5.41 Å². The van der Waals surface area contributed by atoms with Crippen molar-refractivity contribution in [3.05, 3.63) is 28.8 Å². The molecule has 0 aromatic heterocycles. The molecule has 0 spiro atoms. The lowest BCUT2D eigenvalue weighted by Crippen LogP contribution is -2.30. The smallest absolute Gasteiger partial charge is 0.123 e. The monoisotopic (exact) mass is 295 g/mol. The maximum Gasteiger partial charge on any atom is 0.123 e. The molecule has 1 aliphatic heterocycles. The minimum absolute atomic E-state index is 0.0482. The molecule has 112 valence electrons. The maximum absolute atomic E-state index is 6.11. The Bertz CT molecular complexity index is 433. The molecule has 0 amide bonds. The van der Waals surface area contributed by atoms with E-state index in [9.17, 15) is 0 Å². The number of benzene rings is 1. The first-order valence-electron chi connectivity index (χ1n) is 7.60. The third-order valence-corrected chi connectivity index (χ3v) is 4.17. The predicted octanol–water partition coefficient (Wildman–Crippen LogP) is 4.41. The largest absolute Gasteiger partial charge is 0.493 e. The Morgan fingerprint density at radius 3 is 2.80 bits per heavy atom. The Morgan fingerprint density at radius 2 is 2.15 bits per heavy atom. The van der Waals surface area contributed by atoms with Crippen LogP contribution in [-0.2, 0) is 5.41 Å². The summed E-state index contributed by atoms with van der Waals surface area (Å²) in [6, 6.07) is 5.94. The second kappa shape index (κ2) is 6.82. The van der Waals surface area contributed by atoms with Crippen molar-refractivity contribution in [2.24, 2.45) is 5.92 Å². The van der Waals surface area contributed by atoms with E-state index in [4.69, 9.17) is 16.3 Å². The first-order valence-corrected chi connectivity index (χ1v) is 7.98. The van der Waals surface area contributed by atoms with Crippen molar-refractivity contribution in [1.82, 2.24) is 5.32 Å². The van der Waals surface area contributed by atoms with E-state index >= 15 is 0 Å². The molecule has 1 saturated heterocycles. The van der Waals surface area contributed by atoms with Gasteiger partial charge in [0.15, 0.2) is 0 Å². The van der Waals surface area contributed by atoms with Gasteiger partial charge in [0.05, 0.1) is 6.61 Å². The topological polar surface area (TPSA) is 21.3 Å². The van der Waals surface area contributed by atoms with Gasteiger partial charge in [-0.3, -0.25) is 0 Å². The van der Waals surface area contributed by atoms with Crippen molar-refractivity contribution >= 4 is 11.6 Å². The summed E-state index contributed by atoms with van der Waals surface area (Å²) in [6.07, 6.45) is 3.74. The average Bonchev–Trinajstić information content (AvgIpc) is 2.40. The van der Waals surface area contributed by atoms with Crippen molar-refractivity contribution in [2.75, 3.05) is 19.7 Å². The van der Waals surface area contributed by atoms with Crippen LogP contribution in [0.4, 0.5) is 0 Å². The molecule has 3 heteroatoms. The Hall–Kier alpha value is -0.730. The number of nitrogens with one attached hydrogen (secondary N) is 1. The van der Waals surface area contributed by atoms with Gasteiger partial charge in [-0.05, 0) is 61.9 Å². The molecule has 2 nitrogen and oxygen atoms in total. The number of halogens is 1.